The van der Waals surface area contributed by atoms with Gasteiger partial charge in [-0.3, -0.25) is 0 Å². The van der Waals surface area contributed by atoms with Crippen LogP contribution in [0.3, 0.4) is 0 Å². The SMILES string of the molecule is C#CC(CN)CC(C)(C)C. The van der Waals surface area contributed by atoms with Crippen LogP contribution in [-0.2, 0) is 0 Å². The molecule has 0 fully saturated rings. The summed E-state index contributed by atoms with van der Waals surface area (Å²) >= 11 is 0. The van der Waals surface area contributed by atoms with Gasteiger partial charge in [-0.2, -0.15) is 0 Å². The number of rotatable bonds is 2. The van der Waals surface area contributed by atoms with Gasteiger partial charge in [0.05, 0.1) is 0 Å². The first-order valence-electron chi connectivity index (χ1n) is 3.66. The fourth-order valence-corrected chi connectivity index (χ4v) is 0.949. The van der Waals surface area contributed by atoms with Gasteiger partial charge in [-0.15, -0.1) is 12.3 Å². The summed E-state index contributed by atoms with van der Waals surface area (Å²) in [5, 5.41) is 0. The first kappa shape index (κ1) is 9.52. The molecule has 0 rings (SSSR count). The van der Waals surface area contributed by atoms with Crippen LogP contribution in [0.1, 0.15) is 27.2 Å². The number of terminal acetylenes is 1. The summed E-state index contributed by atoms with van der Waals surface area (Å²) in [6, 6.07) is 0. The minimum atomic E-state index is 0.250. The van der Waals surface area contributed by atoms with Crippen molar-refractivity contribution in [2.75, 3.05) is 6.54 Å². The average Bonchev–Trinajstić information content (AvgIpc) is 1.81. The highest BCUT2D eigenvalue weighted by Crippen LogP contribution is 2.23. The molecule has 0 aromatic carbocycles. The maximum atomic E-state index is 5.45. The summed E-state index contributed by atoms with van der Waals surface area (Å²) in [7, 11) is 0. The predicted molar refractivity (Wildman–Crippen MR) is 45.4 cm³/mol. The number of hydrogen-bond acceptors (Lipinski definition) is 1. The molecule has 1 heteroatoms. The van der Waals surface area contributed by atoms with Crippen LogP contribution in [0.5, 0.6) is 0 Å². The van der Waals surface area contributed by atoms with Gasteiger partial charge >= 0.3 is 0 Å². The molecule has 0 aliphatic heterocycles. The van der Waals surface area contributed by atoms with Crippen molar-refractivity contribution < 1.29 is 0 Å². The highest BCUT2D eigenvalue weighted by Gasteiger charge is 2.15. The second-order valence-electron chi connectivity index (χ2n) is 3.86. The molecule has 1 nitrogen and oxygen atoms in total. The van der Waals surface area contributed by atoms with Crippen LogP contribution in [0, 0.1) is 23.7 Å². The van der Waals surface area contributed by atoms with Crippen LogP contribution in [0.2, 0.25) is 0 Å². The Bertz CT molecular complexity index is 125. The lowest BCUT2D eigenvalue weighted by Gasteiger charge is -2.21. The highest BCUT2D eigenvalue weighted by molar-refractivity contribution is 4.95. The third-order valence-corrected chi connectivity index (χ3v) is 1.38. The first-order chi connectivity index (χ1) is 4.49. The predicted octanol–water partition coefficient (Wildman–Crippen LogP) is 1.63. The fourth-order valence-electron chi connectivity index (χ4n) is 0.949. The van der Waals surface area contributed by atoms with Crippen LogP contribution in [0.15, 0.2) is 0 Å². The monoisotopic (exact) mass is 139 g/mol. The zero-order chi connectivity index (χ0) is 8.20. The van der Waals surface area contributed by atoms with Crippen molar-refractivity contribution in [3.8, 4) is 12.3 Å². The van der Waals surface area contributed by atoms with Crippen molar-refractivity contribution in [2.45, 2.75) is 27.2 Å². The van der Waals surface area contributed by atoms with Gasteiger partial charge in [0.2, 0.25) is 0 Å². The van der Waals surface area contributed by atoms with Crippen LogP contribution in [-0.4, -0.2) is 6.54 Å². The molecule has 0 saturated carbocycles. The highest BCUT2D eigenvalue weighted by atomic mass is 14.5. The summed E-state index contributed by atoms with van der Waals surface area (Å²) in [5.41, 5.74) is 5.75. The molecular formula is C9H17N. The van der Waals surface area contributed by atoms with E-state index in [-0.39, 0.29) is 5.92 Å². The molecule has 1 unspecified atom stereocenters. The van der Waals surface area contributed by atoms with Gasteiger partial charge < -0.3 is 5.73 Å². The van der Waals surface area contributed by atoms with E-state index in [1.165, 1.54) is 0 Å². The maximum Gasteiger partial charge on any atom is 0.0327 e. The zero-order valence-electron chi connectivity index (χ0n) is 7.15. The summed E-state index contributed by atoms with van der Waals surface area (Å²) in [6.45, 7) is 7.13. The van der Waals surface area contributed by atoms with Gasteiger partial charge in [0.25, 0.3) is 0 Å². The molecule has 0 saturated heterocycles. The van der Waals surface area contributed by atoms with E-state index in [4.69, 9.17) is 12.2 Å². The van der Waals surface area contributed by atoms with Crippen molar-refractivity contribution in [1.29, 1.82) is 0 Å². The van der Waals surface area contributed by atoms with Crippen LogP contribution in [0.25, 0.3) is 0 Å². The lowest BCUT2D eigenvalue weighted by molar-refractivity contribution is 0.334. The molecule has 0 amide bonds. The molecule has 0 aromatic rings. The Morgan fingerprint density at radius 2 is 2.00 bits per heavy atom. The van der Waals surface area contributed by atoms with Crippen molar-refractivity contribution in [3.05, 3.63) is 0 Å². The Kier molecular flexibility index (Phi) is 3.46. The molecule has 0 radical (unpaired) electrons. The van der Waals surface area contributed by atoms with Gasteiger partial charge in [0.15, 0.2) is 0 Å². The van der Waals surface area contributed by atoms with E-state index < -0.39 is 0 Å². The van der Waals surface area contributed by atoms with E-state index in [9.17, 15) is 0 Å². The third kappa shape index (κ3) is 4.40. The largest absolute Gasteiger partial charge is 0.329 e. The second-order valence-corrected chi connectivity index (χ2v) is 3.86. The minimum absolute atomic E-state index is 0.250. The summed E-state index contributed by atoms with van der Waals surface area (Å²) in [5.74, 6) is 2.93. The smallest absolute Gasteiger partial charge is 0.0327 e. The summed E-state index contributed by atoms with van der Waals surface area (Å²) < 4.78 is 0. The van der Waals surface area contributed by atoms with Gasteiger partial charge in [0.1, 0.15) is 0 Å². The fraction of sp³-hybridized carbons (Fsp3) is 0.778. The minimum Gasteiger partial charge on any atom is -0.329 e. The molecule has 0 bridgehead atoms. The normalized spacial score (nSPS) is 14.3. The molecular weight excluding hydrogens is 122 g/mol. The topological polar surface area (TPSA) is 26.0 Å². The Morgan fingerprint density at radius 1 is 1.50 bits per heavy atom. The van der Waals surface area contributed by atoms with Gasteiger partial charge in [0, 0.05) is 12.5 Å². The van der Waals surface area contributed by atoms with E-state index in [2.05, 4.69) is 26.7 Å². The molecule has 0 aliphatic carbocycles. The quantitative estimate of drug-likeness (QED) is 0.578. The Balaban J connectivity index is 3.78. The van der Waals surface area contributed by atoms with Crippen molar-refractivity contribution in [1.82, 2.24) is 0 Å². The Labute approximate surface area is 64.0 Å². The van der Waals surface area contributed by atoms with Gasteiger partial charge in [-0.1, -0.05) is 20.8 Å². The van der Waals surface area contributed by atoms with E-state index in [0.717, 1.165) is 6.42 Å². The van der Waals surface area contributed by atoms with Crippen molar-refractivity contribution >= 4 is 0 Å². The summed E-state index contributed by atoms with van der Waals surface area (Å²) in [6.07, 6.45) is 6.27. The lowest BCUT2D eigenvalue weighted by atomic mass is 9.85. The van der Waals surface area contributed by atoms with Crippen LogP contribution < -0.4 is 5.73 Å². The second kappa shape index (κ2) is 3.63. The molecule has 0 spiro atoms. The molecule has 0 heterocycles. The van der Waals surface area contributed by atoms with Gasteiger partial charge in [-0.05, 0) is 11.8 Å². The molecule has 10 heavy (non-hydrogen) atoms. The lowest BCUT2D eigenvalue weighted by Crippen LogP contribution is -2.19. The number of hydrogen-bond donors (Lipinski definition) is 1. The van der Waals surface area contributed by atoms with E-state index in [1.54, 1.807) is 0 Å². The molecule has 0 aromatic heterocycles. The third-order valence-electron chi connectivity index (χ3n) is 1.38. The Hall–Kier alpha value is -0.480. The van der Waals surface area contributed by atoms with E-state index in [1.807, 2.05) is 0 Å². The molecule has 1 atom stereocenters. The van der Waals surface area contributed by atoms with Crippen molar-refractivity contribution in [2.24, 2.45) is 17.1 Å². The summed E-state index contributed by atoms with van der Waals surface area (Å²) in [4.78, 5) is 0. The zero-order valence-corrected chi connectivity index (χ0v) is 7.15. The molecule has 0 aliphatic rings. The molecule has 2 N–H and O–H groups in total. The first-order valence-corrected chi connectivity index (χ1v) is 3.66. The van der Waals surface area contributed by atoms with E-state index in [0.29, 0.717) is 12.0 Å². The maximum absolute atomic E-state index is 5.45. The Morgan fingerprint density at radius 3 is 2.10 bits per heavy atom. The van der Waals surface area contributed by atoms with Gasteiger partial charge in [-0.25, -0.2) is 0 Å². The standard InChI is InChI=1S/C9H17N/c1-5-8(7-10)6-9(2,3)4/h1,8H,6-7,10H2,2-4H3. The van der Waals surface area contributed by atoms with Crippen LogP contribution in [0.4, 0.5) is 0 Å². The van der Waals surface area contributed by atoms with Crippen LogP contribution >= 0.6 is 0 Å². The van der Waals surface area contributed by atoms with E-state index >= 15 is 0 Å². The number of nitrogens with two attached hydrogens (primary N) is 1. The molecule has 58 valence electrons. The van der Waals surface area contributed by atoms with Crippen molar-refractivity contribution in [3.63, 3.8) is 0 Å². The average molecular weight is 139 g/mol.